The van der Waals surface area contributed by atoms with E-state index in [1.807, 2.05) is 34.1 Å². The van der Waals surface area contributed by atoms with Gasteiger partial charge in [0.05, 0.1) is 24.0 Å². The highest BCUT2D eigenvalue weighted by Gasteiger charge is 2.47. The first-order valence-corrected chi connectivity index (χ1v) is 15.6. The predicted octanol–water partition coefficient (Wildman–Crippen LogP) is 4.77. The number of nitrogens with two attached hydrogens (primary N) is 1. The number of anilines is 2. The van der Waals surface area contributed by atoms with E-state index in [1.165, 1.54) is 12.1 Å². The predicted molar refractivity (Wildman–Crippen MR) is 165 cm³/mol. The molecule has 2 saturated heterocycles. The van der Waals surface area contributed by atoms with Crippen LogP contribution >= 0.6 is 0 Å². The highest BCUT2D eigenvalue weighted by molar-refractivity contribution is 6.02. The molecule has 4 aliphatic rings. The first-order chi connectivity index (χ1) is 20.6. The molecule has 0 radical (unpaired) electrons. The normalized spacial score (nSPS) is 23.6. The lowest BCUT2D eigenvalue weighted by Crippen LogP contribution is -2.64. The number of para-hydroxylation sites is 2. The quantitative estimate of drug-likeness (QED) is 0.523. The summed E-state index contributed by atoms with van der Waals surface area (Å²) in [7, 11) is 0. The van der Waals surface area contributed by atoms with Crippen molar-refractivity contribution in [2.24, 2.45) is 11.1 Å². The third kappa shape index (κ3) is 5.55. The number of piperidine rings is 2. The lowest BCUT2D eigenvalue weighted by atomic mass is 9.73. The summed E-state index contributed by atoms with van der Waals surface area (Å²) in [6.07, 6.45) is 5.36. The molecule has 0 saturated carbocycles. The molecule has 0 aromatic heterocycles. The Hall–Kier alpha value is -3.72. The lowest BCUT2D eigenvalue weighted by Gasteiger charge is -2.48. The fourth-order valence-corrected chi connectivity index (χ4v) is 7.63. The van der Waals surface area contributed by atoms with Crippen LogP contribution in [0.25, 0.3) is 0 Å². The van der Waals surface area contributed by atoms with Gasteiger partial charge in [-0.3, -0.25) is 19.3 Å². The first-order valence-electron chi connectivity index (χ1n) is 15.6. The molecule has 9 heteroatoms. The Labute approximate surface area is 253 Å². The topological polar surface area (TPSA) is 99.0 Å². The SMILES string of the molecule is CC1(C)CC(=O)C2=C(C1)Nc1ccccc1N(CC(=O)N1CCC(C(N)=O)(N3CCCCC3)CC1)C2c1ccc(F)cc1. The van der Waals surface area contributed by atoms with Crippen LogP contribution in [0, 0.1) is 11.2 Å². The van der Waals surface area contributed by atoms with Gasteiger partial charge in [-0.1, -0.05) is 44.5 Å². The number of hydrogen-bond acceptors (Lipinski definition) is 6. The van der Waals surface area contributed by atoms with Crippen LogP contribution in [0.15, 0.2) is 59.8 Å². The summed E-state index contributed by atoms with van der Waals surface area (Å²) < 4.78 is 14.1. The number of fused-ring (bicyclic) bond motifs is 1. The van der Waals surface area contributed by atoms with E-state index in [2.05, 4.69) is 24.1 Å². The number of carbonyl (C=O) groups is 3. The van der Waals surface area contributed by atoms with Crippen molar-refractivity contribution in [1.82, 2.24) is 9.80 Å². The van der Waals surface area contributed by atoms with Gasteiger partial charge in [-0.25, -0.2) is 4.39 Å². The minimum atomic E-state index is -0.714. The number of Topliss-reactive ketones (excluding diaryl/α,β-unsaturated/α-hetero) is 1. The molecule has 2 aromatic rings. The summed E-state index contributed by atoms with van der Waals surface area (Å²) >= 11 is 0. The average Bonchev–Trinajstić information content (AvgIpc) is 3.11. The van der Waals surface area contributed by atoms with Crippen molar-refractivity contribution in [1.29, 1.82) is 0 Å². The Balaban J connectivity index is 1.34. The number of nitrogens with one attached hydrogen (secondary N) is 1. The van der Waals surface area contributed by atoms with Crippen LogP contribution in [0.4, 0.5) is 15.8 Å². The fraction of sp³-hybridized carbons (Fsp3) is 0.500. The molecule has 0 spiro atoms. The molecule has 0 bridgehead atoms. The van der Waals surface area contributed by atoms with E-state index >= 15 is 0 Å². The molecule has 3 heterocycles. The van der Waals surface area contributed by atoms with Crippen molar-refractivity contribution in [2.45, 2.75) is 70.4 Å². The van der Waals surface area contributed by atoms with E-state index in [0.29, 0.717) is 44.3 Å². The second-order valence-electron chi connectivity index (χ2n) is 13.4. The molecule has 1 aliphatic carbocycles. The number of likely N-dealkylation sites (tertiary alicyclic amines) is 2. The van der Waals surface area contributed by atoms with Crippen LogP contribution in [-0.2, 0) is 14.4 Å². The van der Waals surface area contributed by atoms with E-state index in [9.17, 15) is 18.8 Å². The van der Waals surface area contributed by atoms with Crippen LogP contribution in [0.2, 0.25) is 0 Å². The number of halogens is 1. The van der Waals surface area contributed by atoms with Gasteiger partial charge in [0, 0.05) is 30.8 Å². The van der Waals surface area contributed by atoms with Crippen molar-refractivity contribution in [3.05, 3.63) is 71.2 Å². The van der Waals surface area contributed by atoms with Crippen molar-refractivity contribution in [3.8, 4) is 0 Å². The number of nitrogens with zero attached hydrogens (tertiary/aromatic N) is 3. The summed E-state index contributed by atoms with van der Waals surface area (Å²) in [4.78, 5) is 46.8. The van der Waals surface area contributed by atoms with Gasteiger partial charge in [-0.15, -0.1) is 0 Å². The third-order valence-corrected chi connectivity index (χ3v) is 9.86. The highest BCUT2D eigenvalue weighted by atomic mass is 19.1. The maximum absolute atomic E-state index is 14.1. The van der Waals surface area contributed by atoms with Gasteiger partial charge in [-0.2, -0.15) is 0 Å². The zero-order valence-electron chi connectivity index (χ0n) is 25.2. The molecule has 8 nitrogen and oxygen atoms in total. The van der Waals surface area contributed by atoms with Gasteiger partial charge in [0.1, 0.15) is 11.4 Å². The molecule has 3 aliphatic heterocycles. The van der Waals surface area contributed by atoms with Crippen LogP contribution in [0.1, 0.15) is 70.4 Å². The second kappa shape index (κ2) is 11.4. The monoisotopic (exact) mass is 587 g/mol. The number of ketones is 1. The van der Waals surface area contributed by atoms with Gasteiger partial charge in [0.15, 0.2) is 5.78 Å². The highest BCUT2D eigenvalue weighted by Crippen LogP contribution is 2.48. The first kappa shape index (κ1) is 29.4. The van der Waals surface area contributed by atoms with E-state index in [-0.39, 0.29) is 35.4 Å². The molecule has 3 N–H and O–H groups in total. The minimum Gasteiger partial charge on any atom is -0.368 e. The van der Waals surface area contributed by atoms with Crippen LogP contribution in [-0.4, -0.2) is 65.7 Å². The van der Waals surface area contributed by atoms with Crippen molar-refractivity contribution >= 4 is 29.0 Å². The summed E-state index contributed by atoms with van der Waals surface area (Å²) in [5.74, 6) is -0.706. The van der Waals surface area contributed by atoms with Gasteiger partial charge >= 0.3 is 0 Å². The maximum Gasteiger partial charge on any atom is 0.242 e. The number of amides is 2. The lowest BCUT2D eigenvalue weighted by molar-refractivity contribution is -0.141. The fourth-order valence-electron chi connectivity index (χ4n) is 7.63. The number of carbonyl (C=O) groups excluding carboxylic acids is 3. The second-order valence-corrected chi connectivity index (χ2v) is 13.4. The average molecular weight is 588 g/mol. The Morgan fingerprint density at radius 3 is 2.30 bits per heavy atom. The Morgan fingerprint density at radius 2 is 1.63 bits per heavy atom. The van der Waals surface area contributed by atoms with Gasteiger partial charge < -0.3 is 20.9 Å². The number of benzene rings is 2. The zero-order valence-corrected chi connectivity index (χ0v) is 25.2. The molecular formula is C34H42FN5O3. The molecular weight excluding hydrogens is 545 g/mol. The van der Waals surface area contributed by atoms with Crippen molar-refractivity contribution < 1.29 is 18.8 Å². The van der Waals surface area contributed by atoms with Gasteiger partial charge in [0.25, 0.3) is 0 Å². The molecule has 6 rings (SSSR count). The summed E-state index contributed by atoms with van der Waals surface area (Å²) in [5.41, 5.74) is 8.94. The number of primary amides is 1. The molecule has 43 heavy (non-hydrogen) atoms. The third-order valence-electron chi connectivity index (χ3n) is 9.86. The molecule has 2 amide bonds. The largest absolute Gasteiger partial charge is 0.368 e. The Morgan fingerprint density at radius 1 is 0.953 bits per heavy atom. The number of allylic oxidation sites excluding steroid dienone is 1. The zero-order chi connectivity index (χ0) is 30.4. The Bertz CT molecular complexity index is 1440. The smallest absolute Gasteiger partial charge is 0.242 e. The molecule has 2 aromatic carbocycles. The summed E-state index contributed by atoms with van der Waals surface area (Å²) in [6, 6.07) is 13.5. The molecule has 1 atom stereocenters. The maximum atomic E-state index is 14.1. The summed E-state index contributed by atoms with van der Waals surface area (Å²) in [6.45, 7) is 6.80. The molecule has 228 valence electrons. The standard InChI is InChI=1S/C34H42FN5O3/c1-33(2)20-26-30(28(41)21-33)31(23-10-12-24(35)13-11-23)40(27-9-5-4-8-25(27)37-26)22-29(42)38-18-14-34(15-19-38,32(36)43)39-16-6-3-7-17-39/h4-5,8-13,31,37H,3,6-7,14-22H2,1-2H3,(H2,36,43). The number of rotatable bonds is 5. The van der Waals surface area contributed by atoms with E-state index in [0.717, 1.165) is 55.0 Å². The molecule has 1 unspecified atom stereocenters. The van der Waals surface area contributed by atoms with Crippen molar-refractivity contribution in [2.75, 3.05) is 42.9 Å². The van der Waals surface area contributed by atoms with E-state index in [1.54, 1.807) is 12.1 Å². The van der Waals surface area contributed by atoms with Crippen molar-refractivity contribution in [3.63, 3.8) is 0 Å². The van der Waals surface area contributed by atoms with Crippen LogP contribution in [0.5, 0.6) is 0 Å². The van der Waals surface area contributed by atoms with Gasteiger partial charge in [-0.05, 0) is 80.4 Å². The van der Waals surface area contributed by atoms with E-state index in [4.69, 9.17) is 5.73 Å². The molecule has 2 fully saturated rings. The Kier molecular flexibility index (Phi) is 7.79. The van der Waals surface area contributed by atoms with Crippen LogP contribution < -0.4 is 16.0 Å². The number of hydrogen-bond donors (Lipinski definition) is 2. The minimum absolute atomic E-state index is 0.0292. The van der Waals surface area contributed by atoms with E-state index < -0.39 is 11.6 Å². The van der Waals surface area contributed by atoms with Crippen LogP contribution in [0.3, 0.4) is 0 Å². The summed E-state index contributed by atoms with van der Waals surface area (Å²) in [5, 5.41) is 3.56. The van der Waals surface area contributed by atoms with Gasteiger partial charge in [0.2, 0.25) is 11.8 Å².